The second-order valence-electron chi connectivity index (χ2n) is 4.48. The fourth-order valence-corrected chi connectivity index (χ4v) is 1.88. The standard InChI is InChI=1S/C13H19F2NO4/c1-3-16(4-2)12(19)20-9-7-5-6-8-10(17)13(14,15)11(9)18/h6,8-10,17H,3-5,7H2,1-2H3. The fourth-order valence-electron chi connectivity index (χ4n) is 1.88. The number of carbonyl (C=O) groups excluding carboxylic acids is 2. The van der Waals surface area contributed by atoms with Gasteiger partial charge in [-0.15, -0.1) is 0 Å². The van der Waals surface area contributed by atoms with Crippen molar-refractivity contribution >= 4 is 11.9 Å². The number of Topliss-reactive ketones (excluding diaryl/α,β-unsaturated/α-hetero) is 1. The summed E-state index contributed by atoms with van der Waals surface area (Å²) >= 11 is 0. The van der Waals surface area contributed by atoms with Crippen LogP contribution in [0, 0.1) is 0 Å². The summed E-state index contributed by atoms with van der Waals surface area (Å²) in [4.78, 5) is 24.7. The molecule has 0 saturated carbocycles. The van der Waals surface area contributed by atoms with Crippen molar-refractivity contribution in [1.29, 1.82) is 0 Å². The van der Waals surface area contributed by atoms with Gasteiger partial charge in [-0.25, -0.2) is 4.79 Å². The van der Waals surface area contributed by atoms with Gasteiger partial charge in [-0.05, 0) is 26.7 Å². The summed E-state index contributed by atoms with van der Waals surface area (Å²) in [6, 6.07) is 0. The van der Waals surface area contributed by atoms with Crippen LogP contribution in [0.5, 0.6) is 0 Å². The van der Waals surface area contributed by atoms with Crippen molar-refractivity contribution in [2.75, 3.05) is 13.1 Å². The van der Waals surface area contributed by atoms with Crippen molar-refractivity contribution in [3.63, 3.8) is 0 Å². The monoisotopic (exact) mass is 291 g/mol. The van der Waals surface area contributed by atoms with Crippen LogP contribution in [0.2, 0.25) is 0 Å². The first-order valence-corrected chi connectivity index (χ1v) is 6.57. The molecule has 0 aromatic carbocycles. The second kappa shape index (κ2) is 6.78. The molecule has 0 fully saturated rings. The van der Waals surface area contributed by atoms with E-state index in [1.165, 1.54) is 11.0 Å². The third-order valence-electron chi connectivity index (χ3n) is 3.17. The number of hydrogen-bond donors (Lipinski definition) is 1. The largest absolute Gasteiger partial charge is 0.438 e. The summed E-state index contributed by atoms with van der Waals surface area (Å²) in [7, 11) is 0. The lowest BCUT2D eigenvalue weighted by atomic mass is 9.96. The average molecular weight is 291 g/mol. The normalized spacial score (nSPS) is 25.8. The molecule has 2 unspecified atom stereocenters. The molecule has 0 saturated heterocycles. The van der Waals surface area contributed by atoms with Crippen LogP contribution in [0.1, 0.15) is 26.7 Å². The Kier molecular flexibility index (Phi) is 5.62. The Labute approximate surface area is 116 Å². The maximum absolute atomic E-state index is 13.6. The topological polar surface area (TPSA) is 66.8 Å². The van der Waals surface area contributed by atoms with Gasteiger partial charge in [-0.1, -0.05) is 12.2 Å². The first-order chi connectivity index (χ1) is 9.34. The molecule has 1 aliphatic rings. The van der Waals surface area contributed by atoms with Crippen molar-refractivity contribution in [2.45, 2.75) is 44.8 Å². The molecular formula is C13H19F2NO4. The Hall–Kier alpha value is -1.50. The molecule has 7 heteroatoms. The predicted octanol–water partition coefficient (Wildman–Crippen LogP) is 1.75. The molecule has 5 nitrogen and oxygen atoms in total. The van der Waals surface area contributed by atoms with E-state index in [1.54, 1.807) is 13.8 Å². The lowest BCUT2D eigenvalue weighted by molar-refractivity contribution is -0.165. The zero-order valence-electron chi connectivity index (χ0n) is 11.5. The fraction of sp³-hybridized carbons (Fsp3) is 0.692. The maximum Gasteiger partial charge on any atom is 0.410 e. The molecule has 20 heavy (non-hydrogen) atoms. The van der Waals surface area contributed by atoms with E-state index in [9.17, 15) is 23.5 Å². The highest BCUT2D eigenvalue weighted by molar-refractivity contribution is 5.92. The Bertz CT molecular complexity index is 394. The van der Waals surface area contributed by atoms with Gasteiger partial charge in [0.1, 0.15) is 6.10 Å². The minimum Gasteiger partial charge on any atom is -0.438 e. The molecule has 1 aliphatic carbocycles. The zero-order valence-corrected chi connectivity index (χ0v) is 11.5. The number of aliphatic hydroxyl groups is 1. The second-order valence-corrected chi connectivity index (χ2v) is 4.48. The molecule has 1 amide bonds. The van der Waals surface area contributed by atoms with E-state index >= 15 is 0 Å². The van der Waals surface area contributed by atoms with Gasteiger partial charge in [0.05, 0.1) is 0 Å². The van der Waals surface area contributed by atoms with E-state index in [4.69, 9.17) is 4.74 Å². The maximum atomic E-state index is 13.6. The quantitative estimate of drug-likeness (QED) is 0.804. The third kappa shape index (κ3) is 3.53. The number of nitrogens with zero attached hydrogens (tertiary/aromatic N) is 1. The molecular weight excluding hydrogens is 272 g/mol. The van der Waals surface area contributed by atoms with Crippen LogP contribution in [0.15, 0.2) is 12.2 Å². The molecule has 0 heterocycles. The number of ketones is 1. The van der Waals surface area contributed by atoms with Crippen LogP contribution >= 0.6 is 0 Å². The molecule has 0 aliphatic heterocycles. The average Bonchev–Trinajstić information content (AvgIpc) is 2.41. The van der Waals surface area contributed by atoms with E-state index in [0.717, 1.165) is 6.08 Å². The molecule has 1 N–H and O–H groups in total. The Balaban J connectivity index is 2.86. The van der Waals surface area contributed by atoms with E-state index in [0.29, 0.717) is 13.1 Å². The SMILES string of the molecule is CCN(CC)C(=O)OC1CCC=CC(O)C(F)(F)C1=O. The van der Waals surface area contributed by atoms with Crippen LogP contribution in [-0.4, -0.2) is 53.1 Å². The number of hydrogen-bond acceptors (Lipinski definition) is 4. The molecule has 1 rings (SSSR count). The van der Waals surface area contributed by atoms with E-state index in [2.05, 4.69) is 0 Å². The number of alkyl halides is 2. The molecule has 0 aromatic rings. The van der Waals surface area contributed by atoms with Gasteiger partial charge in [0.25, 0.3) is 0 Å². The van der Waals surface area contributed by atoms with Gasteiger partial charge in [-0.3, -0.25) is 4.79 Å². The van der Waals surface area contributed by atoms with Crippen LogP contribution in [0.25, 0.3) is 0 Å². The number of carbonyl (C=O) groups is 2. The summed E-state index contributed by atoms with van der Waals surface area (Å²) in [6.07, 6.45) is -2.05. The van der Waals surface area contributed by atoms with Crippen LogP contribution in [0.4, 0.5) is 13.6 Å². The lowest BCUT2D eigenvalue weighted by Crippen LogP contribution is -2.49. The van der Waals surface area contributed by atoms with Crippen molar-refractivity contribution < 1.29 is 28.2 Å². The van der Waals surface area contributed by atoms with Crippen molar-refractivity contribution in [3.8, 4) is 0 Å². The number of amides is 1. The van der Waals surface area contributed by atoms with Gasteiger partial charge < -0.3 is 14.7 Å². The Morgan fingerprint density at radius 2 is 2.10 bits per heavy atom. The summed E-state index contributed by atoms with van der Waals surface area (Å²) in [5, 5.41) is 9.26. The highest BCUT2D eigenvalue weighted by atomic mass is 19.3. The number of allylic oxidation sites excluding steroid dienone is 1. The summed E-state index contributed by atoms with van der Waals surface area (Å²) in [5.41, 5.74) is 0. The van der Waals surface area contributed by atoms with Gasteiger partial charge in [0.2, 0.25) is 5.78 Å². The third-order valence-corrected chi connectivity index (χ3v) is 3.17. The number of aliphatic hydroxyl groups excluding tert-OH is 1. The van der Waals surface area contributed by atoms with Crippen LogP contribution < -0.4 is 0 Å². The van der Waals surface area contributed by atoms with Crippen molar-refractivity contribution in [3.05, 3.63) is 12.2 Å². The Morgan fingerprint density at radius 1 is 1.50 bits per heavy atom. The van der Waals surface area contributed by atoms with Gasteiger partial charge in [0, 0.05) is 13.1 Å². The molecule has 0 bridgehead atoms. The van der Waals surface area contributed by atoms with Gasteiger partial charge in [-0.2, -0.15) is 8.78 Å². The molecule has 0 spiro atoms. The lowest BCUT2D eigenvalue weighted by Gasteiger charge is -2.27. The minimum atomic E-state index is -3.95. The summed E-state index contributed by atoms with van der Waals surface area (Å²) in [5.74, 6) is -5.51. The first-order valence-electron chi connectivity index (χ1n) is 6.57. The summed E-state index contributed by atoms with van der Waals surface area (Å²) < 4.78 is 32.2. The number of rotatable bonds is 3. The highest BCUT2D eigenvalue weighted by Crippen LogP contribution is 2.27. The predicted molar refractivity (Wildman–Crippen MR) is 67.5 cm³/mol. The molecule has 0 radical (unpaired) electrons. The van der Waals surface area contributed by atoms with E-state index in [1.807, 2.05) is 0 Å². The van der Waals surface area contributed by atoms with Crippen molar-refractivity contribution in [1.82, 2.24) is 4.90 Å². The van der Waals surface area contributed by atoms with Gasteiger partial charge in [0.15, 0.2) is 6.10 Å². The zero-order chi connectivity index (χ0) is 15.3. The van der Waals surface area contributed by atoms with Crippen molar-refractivity contribution in [2.24, 2.45) is 0 Å². The summed E-state index contributed by atoms with van der Waals surface area (Å²) in [6.45, 7) is 4.14. The van der Waals surface area contributed by atoms with Crippen LogP contribution in [0.3, 0.4) is 0 Å². The highest BCUT2D eigenvalue weighted by Gasteiger charge is 2.50. The minimum absolute atomic E-state index is 0.0232. The van der Waals surface area contributed by atoms with E-state index in [-0.39, 0.29) is 12.8 Å². The Morgan fingerprint density at radius 3 is 2.65 bits per heavy atom. The van der Waals surface area contributed by atoms with Gasteiger partial charge >= 0.3 is 12.0 Å². The first kappa shape index (κ1) is 16.6. The molecule has 114 valence electrons. The smallest absolute Gasteiger partial charge is 0.410 e. The molecule has 0 aromatic heterocycles. The number of halogens is 2. The number of ether oxygens (including phenoxy) is 1. The molecule has 2 atom stereocenters. The van der Waals surface area contributed by atoms with E-state index < -0.39 is 30.0 Å². The van der Waals surface area contributed by atoms with Crippen LogP contribution in [-0.2, 0) is 9.53 Å².